The first kappa shape index (κ1) is 21.7. The summed E-state index contributed by atoms with van der Waals surface area (Å²) in [6.07, 6.45) is 3.08. The fraction of sp³-hybridized carbons (Fsp3) is 0.0952. The van der Waals surface area contributed by atoms with Crippen LogP contribution in [0.5, 0.6) is 5.75 Å². The Kier molecular flexibility index (Phi) is 7.20. The minimum absolute atomic E-state index is 0.0138. The molecule has 1 fully saturated rings. The summed E-state index contributed by atoms with van der Waals surface area (Å²) in [6, 6.07) is 13.4. The second-order valence-electron chi connectivity index (χ2n) is 6.13. The van der Waals surface area contributed by atoms with Crippen molar-refractivity contribution in [3.05, 3.63) is 79.9 Å². The highest BCUT2D eigenvalue weighted by Crippen LogP contribution is 2.28. The zero-order valence-corrected chi connectivity index (χ0v) is 19.7. The minimum atomic E-state index is -0.518. The maximum absolute atomic E-state index is 12.6. The Morgan fingerprint density at radius 1 is 1.21 bits per heavy atom. The number of halogens is 2. The molecule has 8 heteroatoms. The summed E-state index contributed by atoms with van der Waals surface area (Å²) in [4.78, 5) is 26.1. The van der Waals surface area contributed by atoms with Crippen molar-refractivity contribution in [2.45, 2.75) is 6.61 Å². The van der Waals surface area contributed by atoms with Crippen LogP contribution in [0.4, 0.5) is 0 Å². The monoisotopic (exact) mass is 582 g/mol. The van der Waals surface area contributed by atoms with Crippen LogP contribution in [0, 0.1) is 3.57 Å². The van der Waals surface area contributed by atoms with Gasteiger partial charge in [0.15, 0.2) is 5.11 Å². The summed E-state index contributed by atoms with van der Waals surface area (Å²) in [5.41, 5.74) is 1.76. The van der Waals surface area contributed by atoms with E-state index >= 15 is 0 Å². The molecule has 2 amide bonds. The molecule has 2 aromatic rings. The van der Waals surface area contributed by atoms with Gasteiger partial charge in [0.1, 0.15) is 17.9 Å². The minimum Gasteiger partial charge on any atom is -0.488 e. The van der Waals surface area contributed by atoms with Crippen molar-refractivity contribution in [3.8, 4) is 5.75 Å². The molecule has 0 bridgehead atoms. The molecule has 0 spiro atoms. The molecule has 0 aromatic heterocycles. The van der Waals surface area contributed by atoms with Gasteiger partial charge >= 0.3 is 0 Å². The fourth-order valence-electron chi connectivity index (χ4n) is 2.62. The van der Waals surface area contributed by atoms with Crippen LogP contribution >= 0.6 is 50.7 Å². The van der Waals surface area contributed by atoms with Gasteiger partial charge in [0.05, 0.1) is 4.47 Å². The van der Waals surface area contributed by atoms with Gasteiger partial charge < -0.3 is 4.74 Å². The third-order valence-electron chi connectivity index (χ3n) is 4.07. The largest absolute Gasteiger partial charge is 0.488 e. The lowest BCUT2D eigenvalue weighted by atomic mass is 10.1. The first-order valence-corrected chi connectivity index (χ1v) is 10.8. The fourth-order valence-corrected chi connectivity index (χ4v) is 3.74. The van der Waals surface area contributed by atoms with E-state index in [2.05, 4.69) is 50.4 Å². The Bertz CT molecular complexity index is 1020. The number of nitrogens with zero attached hydrogens (tertiary/aromatic N) is 1. The number of carbonyl (C=O) groups excluding carboxylic acids is 2. The van der Waals surface area contributed by atoms with E-state index < -0.39 is 11.8 Å². The van der Waals surface area contributed by atoms with E-state index in [1.54, 1.807) is 24.3 Å². The molecule has 0 aliphatic carbocycles. The van der Waals surface area contributed by atoms with Crippen molar-refractivity contribution >= 4 is 73.7 Å². The van der Waals surface area contributed by atoms with Crippen LogP contribution in [0.15, 0.2) is 65.2 Å². The van der Waals surface area contributed by atoms with Gasteiger partial charge in [0.25, 0.3) is 11.8 Å². The molecule has 1 saturated heterocycles. The van der Waals surface area contributed by atoms with Crippen molar-refractivity contribution < 1.29 is 14.3 Å². The Morgan fingerprint density at radius 2 is 1.93 bits per heavy atom. The topological polar surface area (TPSA) is 58.6 Å². The number of benzene rings is 2. The van der Waals surface area contributed by atoms with E-state index in [1.807, 2.05) is 24.3 Å². The number of carbonyl (C=O) groups is 2. The molecular formula is C21H16BrIN2O3S. The predicted octanol–water partition coefficient (Wildman–Crippen LogP) is 4.45. The number of hydrogen-bond donors (Lipinski definition) is 1. The van der Waals surface area contributed by atoms with Gasteiger partial charge in [-0.1, -0.05) is 24.3 Å². The average molecular weight is 583 g/mol. The third kappa shape index (κ3) is 5.31. The summed E-state index contributed by atoms with van der Waals surface area (Å²) in [7, 11) is 0. The lowest BCUT2D eigenvalue weighted by Gasteiger charge is -2.27. The number of amides is 2. The Hall–Kier alpha value is -2.04. The van der Waals surface area contributed by atoms with E-state index in [1.165, 1.54) is 14.5 Å². The maximum atomic E-state index is 12.6. The molecule has 29 heavy (non-hydrogen) atoms. The molecule has 1 heterocycles. The van der Waals surface area contributed by atoms with Gasteiger partial charge in [-0.2, -0.15) is 0 Å². The van der Waals surface area contributed by atoms with Gasteiger partial charge in [0, 0.05) is 10.1 Å². The zero-order valence-electron chi connectivity index (χ0n) is 15.2. The van der Waals surface area contributed by atoms with E-state index in [-0.39, 0.29) is 17.2 Å². The molecule has 0 atom stereocenters. The zero-order chi connectivity index (χ0) is 21.0. The molecule has 5 nitrogen and oxygen atoms in total. The predicted molar refractivity (Wildman–Crippen MR) is 128 cm³/mol. The quantitative estimate of drug-likeness (QED) is 0.180. The highest BCUT2D eigenvalue weighted by atomic mass is 127. The molecule has 0 radical (unpaired) electrons. The van der Waals surface area contributed by atoms with Crippen LogP contribution in [0.1, 0.15) is 11.1 Å². The third-order valence-corrected chi connectivity index (χ3v) is 5.73. The normalized spacial score (nSPS) is 15.4. The number of rotatable bonds is 6. The lowest BCUT2D eigenvalue weighted by Crippen LogP contribution is -2.53. The van der Waals surface area contributed by atoms with Gasteiger partial charge in [-0.15, -0.1) is 6.58 Å². The molecule has 1 N–H and O–H groups in total. The summed E-state index contributed by atoms with van der Waals surface area (Å²) < 4.78 is 7.75. The van der Waals surface area contributed by atoms with Gasteiger partial charge in [0.2, 0.25) is 0 Å². The smallest absolute Gasteiger partial charge is 0.265 e. The van der Waals surface area contributed by atoms with Gasteiger partial charge in [-0.25, -0.2) is 0 Å². The van der Waals surface area contributed by atoms with Crippen LogP contribution in [0.2, 0.25) is 0 Å². The second kappa shape index (κ2) is 9.64. The summed E-state index contributed by atoms with van der Waals surface area (Å²) in [6.45, 7) is 4.27. The maximum Gasteiger partial charge on any atom is 0.265 e. The molecule has 148 valence electrons. The summed E-state index contributed by atoms with van der Waals surface area (Å²) >= 11 is 10.8. The molecule has 1 aliphatic heterocycles. The summed E-state index contributed by atoms with van der Waals surface area (Å²) in [5, 5.41) is 2.61. The van der Waals surface area contributed by atoms with Crippen LogP contribution in [0.3, 0.4) is 0 Å². The van der Waals surface area contributed by atoms with Crippen molar-refractivity contribution in [2.24, 2.45) is 0 Å². The number of ether oxygens (including phenoxy) is 1. The number of thiocarbonyl (C=S) groups is 1. The van der Waals surface area contributed by atoms with Gasteiger partial charge in [-0.3, -0.25) is 19.8 Å². The molecule has 1 aliphatic rings. The lowest BCUT2D eigenvalue weighted by molar-refractivity contribution is -0.128. The molecule has 0 saturated carbocycles. The SMILES string of the molecule is C=CCN1C(=O)/C(=C/c2ccc(OCc3ccc(I)cc3)c(Br)c2)C(=O)NC1=S. The Morgan fingerprint density at radius 3 is 2.59 bits per heavy atom. The number of hydrogen-bond acceptors (Lipinski definition) is 4. The average Bonchev–Trinajstić information content (AvgIpc) is 2.69. The Labute approximate surface area is 196 Å². The van der Waals surface area contributed by atoms with Crippen molar-refractivity contribution in [1.29, 1.82) is 0 Å². The number of nitrogens with one attached hydrogen (secondary N) is 1. The second-order valence-corrected chi connectivity index (χ2v) is 8.61. The summed E-state index contributed by atoms with van der Waals surface area (Å²) in [5.74, 6) is -0.302. The van der Waals surface area contributed by atoms with E-state index in [9.17, 15) is 9.59 Å². The molecule has 0 unspecified atom stereocenters. The standard InChI is InChI=1S/C21H16BrIN2O3S/c1-2-9-25-20(27)16(19(26)24-21(25)29)10-14-5-8-18(17(22)11-14)28-12-13-3-6-15(23)7-4-13/h2-8,10-11H,1,9,12H2,(H,24,26,29)/b16-10+. The van der Waals surface area contributed by atoms with Crippen molar-refractivity contribution in [2.75, 3.05) is 6.54 Å². The highest BCUT2D eigenvalue weighted by Gasteiger charge is 2.32. The Balaban J connectivity index is 1.77. The van der Waals surface area contributed by atoms with E-state index in [4.69, 9.17) is 17.0 Å². The van der Waals surface area contributed by atoms with Crippen LogP contribution in [-0.2, 0) is 16.2 Å². The van der Waals surface area contributed by atoms with Crippen LogP contribution in [-0.4, -0.2) is 28.4 Å². The van der Waals surface area contributed by atoms with Gasteiger partial charge in [-0.05, 0) is 92.2 Å². The first-order valence-electron chi connectivity index (χ1n) is 8.55. The van der Waals surface area contributed by atoms with Crippen LogP contribution in [0.25, 0.3) is 6.08 Å². The molecular weight excluding hydrogens is 567 g/mol. The van der Waals surface area contributed by atoms with Crippen molar-refractivity contribution in [3.63, 3.8) is 0 Å². The van der Waals surface area contributed by atoms with Crippen molar-refractivity contribution in [1.82, 2.24) is 10.2 Å². The molecule has 3 rings (SSSR count). The van der Waals surface area contributed by atoms with E-state index in [0.29, 0.717) is 17.9 Å². The van der Waals surface area contributed by atoms with E-state index in [0.717, 1.165) is 10.0 Å². The molecule has 2 aromatic carbocycles. The first-order chi connectivity index (χ1) is 13.9. The van der Waals surface area contributed by atoms with Crippen LogP contribution < -0.4 is 10.1 Å². The highest BCUT2D eigenvalue weighted by molar-refractivity contribution is 14.1.